The van der Waals surface area contributed by atoms with Gasteiger partial charge in [-0.1, -0.05) is 45.4 Å². The second kappa shape index (κ2) is 13.5. The van der Waals surface area contributed by atoms with Crippen LogP contribution in [-0.2, 0) is 0 Å². The lowest BCUT2D eigenvalue weighted by molar-refractivity contribution is -0.870. The van der Waals surface area contributed by atoms with Crippen molar-refractivity contribution in [2.75, 3.05) is 27.7 Å². The normalized spacial score (nSPS) is 10.9. The summed E-state index contributed by atoms with van der Waals surface area (Å²) < 4.78 is 9.18. The smallest absolute Gasteiger partial charge is 0.0780 e. The van der Waals surface area contributed by atoms with Crippen molar-refractivity contribution in [2.45, 2.75) is 58.3 Å². The number of quaternary nitrogens is 1. The summed E-state index contributed by atoms with van der Waals surface area (Å²) in [5, 5.41) is 0. The van der Waals surface area contributed by atoms with Crippen molar-refractivity contribution >= 4 is 16.3 Å². The largest absolute Gasteiger partial charge is 0.791 e. The van der Waals surface area contributed by atoms with Crippen LogP contribution in [0.3, 0.4) is 0 Å². The molecule has 0 amide bonds. The Bertz CT molecular complexity index is 124. The van der Waals surface area contributed by atoms with Crippen LogP contribution in [-0.4, -0.2) is 32.2 Å². The Morgan fingerprint density at radius 3 is 1.50 bits per heavy atom. The zero-order valence-corrected chi connectivity index (χ0v) is 13.2. The third-order valence-corrected chi connectivity index (χ3v) is 2.68. The Labute approximate surface area is 111 Å². The second-order valence-corrected chi connectivity index (χ2v) is 5.49. The molecule has 0 aromatic carbocycles. The number of hydrogen-bond donors (Lipinski definition) is 0. The molecule has 2 nitrogen and oxygen atoms in total. The average Bonchev–Trinajstić information content (AvgIpc) is 2.23. The van der Waals surface area contributed by atoms with E-state index in [9.17, 15) is 0 Å². The zero-order chi connectivity index (χ0) is 12.9. The van der Waals surface area contributed by atoms with Gasteiger partial charge in [-0.25, -0.2) is 16.3 Å². The van der Waals surface area contributed by atoms with E-state index in [4.69, 9.17) is 4.20 Å². The summed E-state index contributed by atoms with van der Waals surface area (Å²) in [4.78, 5) is 0. The van der Waals surface area contributed by atoms with Crippen molar-refractivity contribution in [1.82, 2.24) is 0 Å². The van der Waals surface area contributed by atoms with Crippen LogP contribution in [0.4, 0.5) is 0 Å². The highest BCUT2D eigenvalue weighted by atomic mass is 79.9. The summed E-state index contributed by atoms with van der Waals surface area (Å²) in [6.45, 7) is 3.61. The molecule has 0 saturated carbocycles. The lowest BCUT2D eigenvalue weighted by Crippen LogP contribution is -2.35. The minimum atomic E-state index is 1.12. The second-order valence-electron chi connectivity index (χ2n) is 5.49. The van der Waals surface area contributed by atoms with E-state index in [0.717, 1.165) is 4.48 Å². The first-order chi connectivity index (χ1) is 7.56. The van der Waals surface area contributed by atoms with Crippen LogP contribution in [0, 0.1) is 0 Å². The van der Waals surface area contributed by atoms with E-state index in [-0.39, 0.29) is 0 Å². The van der Waals surface area contributed by atoms with Gasteiger partial charge in [0, 0.05) is 0 Å². The van der Waals surface area contributed by atoms with Gasteiger partial charge in [-0.2, -0.15) is 0 Å². The molecule has 0 aliphatic carbocycles. The predicted molar refractivity (Wildman–Crippen MR) is 74.4 cm³/mol. The summed E-state index contributed by atoms with van der Waals surface area (Å²) in [6, 6.07) is 0. The molecule has 0 aromatic heterocycles. The molecule has 16 heavy (non-hydrogen) atoms. The van der Waals surface area contributed by atoms with E-state index in [1.807, 2.05) is 0 Å². The van der Waals surface area contributed by atoms with Crippen molar-refractivity contribution < 1.29 is 8.68 Å². The Kier molecular flexibility index (Phi) is 15.8. The maximum atomic E-state index is 8.06. The van der Waals surface area contributed by atoms with Crippen molar-refractivity contribution in [3.63, 3.8) is 0 Å². The van der Waals surface area contributed by atoms with E-state index >= 15 is 0 Å². The standard InChI is InChI=1S/C13H30N.BrO/c1-5-6-7-8-9-10-11-12-13-14(2,3)4;1-2/h5-13H2,1-4H3;/q+1;-1. The quantitative estimate of drug-likeness (QED) is 0.472. The number of hydrogen-bond acceptors (Lipinski definition) is 1. The fourth-order valence-electron chi connectivity index (χ4n) is 1.72. The van der Waals surface area contributed by atoms with Crippen LogP contribution < -0.4 is 4.20 Å². The van der Waals surface area contributed by atoms with Crippen molar-refractivity contribution in [2.24, 2.45) is 0 Å². The van der Waals surface area contributed by atoms with Gasteiger partial charge in [-0.05, 0) is 12.8 Å². The third kappa shape index (κ3) is 19.9. The summed E-state index contributed by atoms with van der Waals surface area (Å²) in [6.07, 6.45) is 11.4. The van der Waals surface area contributed by atoms with E-state index in [2.05, 4.69) is 28.1 Å². The minimum Gasteiger partial charge on any atom is -0.791 e. The number of nitrogens with zero attached hydrogens (tertiary/aromatic N) is 1. The van der Waals surface area contributed by atoms with Gasteiger partial charge in [0.05, 0.1) is 27.7 Å². The van der Waals surface area contributed by atoms with Gasteiger partial charge >= 0.3 is 0 Å². The third-order valence-electron chi connectivity index (χ3n) is 2.68. The predicted octanol–water partition coefficient (Wildman–Crippen LogP) is 3.49. The number of rotatable bonds is 9. The summed E-state index contributed by atoms with van der Waals surface area (Å²) >= 11 is 1.69. The van der Waals surface area contributed by atoms with E-state index < -0.39 is 0 Å². The van der Waals surface area contributed by atoms with Gasteiger partial charge in [-0.3, -0.25) is 0 Å². The molecule has 0 bridgehead atoms. The average molecular weight is 296 g/mol. The lowest BCUT2D eigenvalue weighted by atomic mass is 10.1. The highest BCUT2D eigenvalue weighted by molar-refractivity contribution is 9.04. The summed E-state index contributed by atoms with van der Waals surface area (Å²) in [5.74, 6) is 0. The maximum Gasteiger partial charge on any atom is 0.0780 e. The topological polar surface area (TPSA) is 23.1 Å². The molecule has 0 heterocycles. The molecular weight excluding hydrogens is 266 g/mol. The van der Waals surface area contributed by atoms with Gasteiger partial charge in [-0.15, -0.1) is 0 Å². The van der Waals surface area contributed by atoms with Gasteiger partial charge < -0.3 is 8.68 Å². The fraction of sp³-hybridized carbons (Fsp3) is 1.00. The molecule has 0 radical (unpaired) electrons. The Morgan fingerprint density at radius 1 is 0.750 bits per heavy atom. The Balaban J connectivity index is 0. The molecule has 0 atom stereocenters. The summed E-state index contributed by atoms with van der Waals surface area (Å²) in [7, 11) is 6.84. The highest BCUT2D eigenvalue weighted by Gasteiger charge is 2.04. The van der Waals surface area contributed by atoms with Crippen LogP contribution in [0.1, 0.15) is 58.3 Å². The number of unbranched alkanes of at least 4 members (excludes halogenated alkanes) is 7. The van der Waals surface area contributed by atoms with E-state index in [0.29, 0.717) is 0 Å². The Hall–Kier alpha value is 0.400. The maximum absolute atomic E-state index is 8.06. The molecule has 0 saturated heterocycles. The van der Waals surface area contributed by atoms with Crippen molar-refractivity contribution in [1.29, 1.82) is 0 Å². The van der Waals surface area contributed by atoms with Crippen LogP contribution in [0.15, 0.2) is 0 Å². The molecule has 0 fully saturated rings. The van der Waals surface area contributed by atoms with Crippen LogP contribution >= 0.6 is 16.3 Å². The first kappa shape index (κ1) is 18.8. The van der Waals surface area contributed by atoms with Crippen LogP contribution in [0.5, 0.6) is 0 Å². The fourth-order valence-corrected chi connectivity index (χ4v) is 1.72. The molecule has 0 aromatic rings. The minimum absolute atomic E-state index is 1.12. The van der Waals surface area contributed by atoms with Crippen LogP contribution in [0.2, 0.25) is 0 Å². The molecule has 3 heteroatoms. The van der Waals surface area contributed by atoms with Crippen molar-refractivity contribution in [3.05, 3.63) is 0 Å². The highest BCUT2D eigenvalue weighted by Crippen LogP contribution is 2.09. The van der Waals surface area contributed by atoms with E-state index in [1.54, 1.807) is 16.3 Å². The SMILES string of the molecule is CCCCCCCCCC[N+](C)(C)C.[O-]Br. The lowest BCUT2D eigenvalue weighted by Gasteiger charge is -2.23. The van der Waals surface area contributed by atoms with Gasteiger partial charge in [0.2, 0.25) is 0 Å². The summed E-state index contributed by atoms with van der Waals surface area (Å²) in [5.41, 5.74) is 0. The molecular formula is C13H30BrNO. The zero-order valence-electron chi connectivity index (χ0n) is 11.6. The first-order valence-electron chi connectivity index (χ1n) is 6.52. The molecule has 0 N–H and O–H groups in total. The Morgan fingerprint density at radius 2 is 1.12 bits per heavy atom. The first-order valence-corrected chi connectivity index (χ1v) is 7.17. The van der Waals surface area contributed by atoms with Gasteiger partial charge in [0.1, 0.15) is 0 Å². The molecule has 0 unspecified atom stereocenters. The molecule has 0 spiro atoms. The molecule has 100 valence electrons. The van der Waals surface area contributed by atoms with Gasteiger partial charge in [0.25, 0.3) is 0 Å². The number of halogens is 1. The molecule has 0 aliphatic heterocycles. The molecule has 0 rings (SSSR count). The van der Waals surface area contributed by atoms with E-state index in [1.165, 1.54) is 57.9 Å². The van der Waals surface area contributed by atoms with Gasteiger partial charge in [0.15, 0.2) is 0 Å². The monoisotopic (exact) mass is 295 g/mol. The van der Waals surface area contributed by atoms with Crippen molar-refractivity contribution in [3.8, 4) is 0 Å². The molecule has 0 aliphatic rings. The van der Waals surface area contributed by atoms with Crippen LogP contribution in [0.25, 0.3) is 0 Å².